The fourth-order valence-corrected chi connectivity index (χ4v) is 2.86. The van der Waals surface area contributed by atoms with Crippen molar-refractivity contribution < 1.29 is 0 Å². The summed E-state index contributed by atoms with van der Waals surface area (Å²) in [6, 6.07) is 2.10. The SMILES string of the molecule is CCN1CCCC1CNCc1cc(=O)n(C)c(=O)n1C. The summed E-state index contributed by atoms with van der Waals surface area (Å²) in [4.78, 5) is 25.9. The zero-order chi connectivity index (χ0) is 14.7. The second-order valence-corrected chi connectivity index (χ2v) is 5.43. The molecule has 1 unspecified atom stereocenters. The summed E-state index contributed by atoms with van der Waals surface area (Å²) in [5.41, 5.74) is 0.213. The smallest absolute Gasteiger partial charge is 0.310 e. The first-order valence-electron chi connectivity index (χ1n) is 7.25. The number of nitrogens with one attached hydrogen (secondary N) is 1. The topological polar surface area (TPSA) is 59.3 Å². The molecule has 1 aliphatic heterocycles. The van der Waals surface area contributed by atoms with Gasteiger partial charge in [0.15, 0.2) is 0 Å². The highest BCUT2D eigenvalue weighted by molar-refractivity contribution is 5.02. The van der Waals surface area contributed by atoms with Crippen molar-refractivity contribution in [2.24, 2.45) is 14.1 Å². The summed E-state index contributed by atoms with van der Waals surface area (Å²) in [5.74, 6) is 0. The van der Waals surface area contributed by atoms with E-state index in [1.807, 2.05) is 0 Å². The van der Waals surface area contributed by atoms with E-state index in [1.54, 1.807) is 7.05 Å². The molecule has 1 aliphatic rings. The zero-order valence-electron chi connectivity index (χ0n) is 12.6. The fraction of sp³-hybridized carbons (Fsp3) is 0.714. The Kier molecular flexibility index (Phi) is 4.77. The lowest BCUT2D eigenvalue weighted by molar-refractivity contribution is 0.259. The summed E-state index contributed by atoms with van der Waals surface area (Å²) in [7, 11) is 3.20. The van der Waals surface area contributed by atoms with Crippen molar-refractivity contribution >= 4 is 0 Å². The third-order valence-corrected chi connectivity index (χ3v) is 4.22. The summed E-state index contributed by atoms with van der Waals surface area (Å²) < 4.78 is 2.65. The van der Waals surface area contributed by atoms with Gasteiger partial charge in [0.1, 0.15) is 0 Å². The minimum Gasteiger partial charge on any atom is -0.310 e. The van der Waals surface area contributed by atoms with Gasteiger partial charge in [0, 0.05) is 45.0 Å². The molecule has 0 aliphatic carbocycles. The number of hydrogen-bond donors (Lipinski definition) is 1. The van der Waals surface area contributed by atoms with Crippen molar-refractivity contribution in [1.82, 2.24) is 19.4 Å². The number of likely N-dealkylation sites (tertiary alicyclic amines) is 1. The first-order chi connectivity index (χ1) is 9.54. The van der Waals surface area contributed by atoms with Gasteiger partial charge in [-0.2, -0.15) is 0 Å². The van der Waals surface area contributed by atoms with E-state index in [0.29, 0.717) is 12.6 Å². The number of hydrogen-bond acceptors (Lipinski definition) is 4. The Labute approximate surface area is 119 Å². The average Bonchev–Trinajstić information content (AvgIpc) is 2.89. The molecule has 1 atom stereocenters. The van der Waals surface area contributed by atoms with Crippen molar-refractivity contribution in [2.45, 2.75) is 32.4 Å². The summed E-state index contributed by atoms with van der Waals surface area (Å²) >= 11 is 0. The number of likely N-dealkylation sites (N-methyl/N-ethyl adjacent to an activating group) is 1. The van der Waals surface area contributed by atoms with Gasteiger partial charge in [-0.1, -0.05) is 6.92 Å². The van der Waals surface area contributed by atoms with Gasteiger partial charge in [-0.05, 0) is 25.9 Å². The average molecular weight is 280 g/mol. The van der Waals surface area contributed by atoms with Crippen LogP contribution in [0.1, 0.15) is 25.5 Å². The second-order valence-electron chi connectivity index (χ2n) is 5.43. The molecule has 0 amide bonds. The second kappa shape index (κ2) is 6.37. The predicted molar refractivity (Wildman–Crippen MR) is 78.9 cm³/mol. The molecule has 1 aromatic rings. The van der Waals surface area contributed by atoms with E-state index in [1.165, 1.54) is 37.1 Å². The van der Waals surface area contributed by atoms with Crippen LogP contribution in [0, 0.1) is 0 Å². The third kappa shape index (κ3) is 3.02. The van der Waals surface area contributed by atoms with Crippen LogP contribution in [0.25, 0.3) is 0 Å². The molecule has 2 rings (SSSR count). The fourth-order valence-electron chi connectivity index (χ4n) is 2.86. The normalized spacial score (nSPS) is 19.6. The molecule has 0 spiro atoms. The molecule has 112 valence electrons. The molecular formula is C14H24N4O2. The number of rotatable bonds is 5. The maximum atomic E-state index is 11.8. The van der Waals surface area contributed by atoms with Gasteiger partial charge in [0.05, 0.1) is 0 Å². The largest absolute Gasteiger partial charge is 0.330 e. The molecule has 1 fully saturated rings. The molecular weight excluding hydrogens is 256 g/mol. The van der Waals surface area contributed by atoms with Gasteiger partial charge in [0.25, 0.3) is 5.56 Å². The van der Waals surface area contributed by atoms with Crippen LogP contribution in [0.15, 0.2) is 15.7 Å². The molecule has 1 aromatic heterocycles. The molecule has 1 saturated heterocycles. The molecule has 0 radical (unpaired) electrons. The molecule has 20 heavy (non-hydrogen) atoms. The van der Waals surface area contributed by atoms with Crippen molar-refractivity contribution in [3.63, 3.8) is 0 Å². The minimum absolute atomic E-state index is 0.249. The van der Waals surface area contributed by atoms with Crippen LogP contribution in [0.3, 0.4) is 0 Å². The molecule has 0 bridgehead atoms. The Morgan fingerprint density at radius 1 is 1.30 bits per heavy atom. The lowest BCUT2D eigenvalue weighted by atomic mass is 10.2. The van der Waals surface area contributed by atoms with Crippen molar-refractivity contribution in [3.8, 4) is 0 Å². The quantitative estimate of drug-likeness (QED) is 0.801. The lowest BCUT2D eigenvalue weighted by Gasteiger charge is -2.23. The van der Waals surface area contributed by atoms with Crippen LogP contribution in [0.2, 0.25) is 0 Å². The maximum absolute atomic E-state index is 11.8. The summed E-state index contributed by atoms with van der Waals surface area (Å²) in [5, 5.41) is 3.37. The number of nitrogens with zero attached hydrogens (tertiary/aromatic N) is 3. The van der Waals surface area contributed by atoms with Crippen LogP contribution in [0.5, 0.6) is 0 Å². The van der Waals surface area contributed by atoms with Crippen LogP contribution in [-0.4, -0.2) is 39.7 Å². The van der Waals surface area contributed by atoms with Crippen LogP contribution in [-0.2, 0) is 20.6 Å². The maximum Gasteiger partial charge on any atom is 0.330 e. The molecule has 0 saturated carbocycles. The molecule has 6 nitrogen and oxygen atoms in total. The van der Waals surface area contributed by atoms with Crippen molar-refractivity contribution in [2.75, 3.05) is 19.6 Å². The molecule has 6 heteroatoms. The Bertz CT molecular complexity index is 576. The highest BCUT2D eigenvalue weighted by Crippen LogP contribution is 2.15. The van der Waals surface area contributed by atoms with Crippen LogP contribution >= 0.6 is 0 Å². The number of aromatic nitrogens is 2. The van der Waals surface area contributed by atoms with E-state index in [0.717, 1.165) is 23.4 Å². The zero-order valence-corrected chi connectivity index (χ0v) is 12.6. The predicted octanol–water partition coefficient (Wildman–Crippen LogP) is -0.342. The van der Waals surface area contributed by atoms with Gasteiger partial charge in [-0.3, -0.25) is 18.8 Å². The summed E-state index contributed by atoms with van der Waals surface area (Å²) in [6.45, 7) is 5.89. The van der Waals surface area contributed by atoms with Crippen LogP contribution in [0.4, 0.5) is 0 Å². The monoisotopic (exact) mass is 280 g/mol. The van der Waals surface area contributed by atoms with Gasteiger partial charge in [0.2, 0.25) is 0 Å². The van der Waals surface area contributed by atoms with Crippen molar-refractivity contribution in [1.29, 1.82) is 0 Å². The van der Waals surface area contributed by atoms with Gasteiger partial charge in [-0.25, -0.2) is 4.79 Å². The van der Waals surface area contributed by atoms with Gasteiger partial charge in [-0.15, -0.1) is 0 Å². The molecule has 2 heterocycles. The van der Waals surface area contributed by atoms with E-state index < -0.39 is 0 Å². The van der Waals surface area contributed by atoms with E-state index in [4.69, 9.17) is 0 Å². The van der Waals surface area contributed by atoms with Crippen LogP contribution < -0.4 is 16.6 Å². The standard InChI is InChI=1S/C14H24N4O2/c1-4-18-7-5-6-11(18)9-15-10-12-8-13(19)17(3)14(20)16(12)2/h8,11,15H,4-7,9-10H2,1-3H3. The first-order valence-corrected chi connectivity index (χ1v) is 7.25. The Balaban J connectivity index is 1.98. The molecule has 1 N–H and O–H groups in total. The molecule has 0 aromatic carbocycles. The Morgan fingerprint density at radius 3 is 2.75 bits per heavy atom. The van der Waals surface area contributed by atoms with Crippen molar-refractivity contribution in [3.05, 3.63) is 32.6 Å². The lowest BCUT2D eigenvalue weighted by Crippen LogP contribution is -2.41. The highest BCUT2D eigenvalue weighted by Gasteiger charge is 2.22. The first kappa shape index (κ1) is 15.0. The van der Waals surface area contributed by atoms with E-state index >= 15 is 0 Å². The summed E-state index contributed by atoms with van der Waals surface area (Å²) in [6.07, 6.45) is 2.47. The van der Waals surface area contributed by atoms with Gasteiger partial charge < -0.3 is 5.32 Å². The van der Waals surface area contributed by atoms with E-state index in [-0.39, 0.29) is 11.2 Å². The Morgan fingerprint density at radius 2 is 2.05 bits per heavy atom. The van der Waals surface area contributed by atoms with Gasteiger partial charge >= 0.3 is 5.69 Å². The van der Waals surface area contributed by atoms with E-state index in [9.17, 15) is 9.59 Å². The highest BCUT2D eigenvalue weighted by atomic mass is 16.2. The third-order valence-electron chi connectivity index (χ3n) is 4.22. The minimum atomic E-state index is -0.273. The Hall–Kier alpha value is -1.40. The van der Waals surface area contributed by atoms with E-state index in [2.05, 4.69) is 17.1 Å².